The fourth-order valence-corrected chi connectivity index (χ4v) is 2.34. The molecule has 1 saturated carbocycles. The third kappa shape index (κ3) is 1.83. The number of rotatable bonds is 3. The fourth-order valence-electron chi connectivity index (χ4n) is 2.34. The molecule has 0 spiro atoms. The van der Waals surface area contributed by atoms with Crippen molar-refractivity contribution in [3.63, 3.8) is 0 Å². The molecular weight excluding hydrogens is 192 g/mol. The maximum atomic E-state index is 11.9. The Hall–Kier alpha value is -1.12. The molecule has 1 fully saturated rings. The van der Waals surface area contributed by atoms with Crippen molar-refractivity contribution in [2.45, 2.75) is 40.0 Å². The van der Waals surface area contributed by atoms with Gasteiger partial charge in [-0.3, -0.25) is 9.59 Å². The predicted molar refractivity (Wildman–Crippen MR) is 57.4 cm³/mol. The maximum Gasteiger partial charge on any atom is 0.323 e. The van der Waals surface area contributed by atoms with Crippen molar-refractivity contribution in [2.24, 2.45) is 5.41 Å². The zero-order valence-corrected chi connectivity index (χ0v) is 9.63. The number of hydrogen-bond donors (Lipinski definition) is 0. The van der Waals surface area contributed by atoms with Crippen LogP contribution in [0.3, 0.4) is 0 Å². The summed E-state index contributed by atoms with van der Waals surface area (Å²) in [5, 5.41) is 0. The number of Topliss-reactive ketones (excluding diaryl/α,β-unsaturated/α-hetero) is 1. The zero-order chi connectivity index (χ0) is 11.5. The van der Waals surface area contributed by atoms with E-state index in [0.717, 1.165) is 18.4 Å². The minimum absolute atomic E-state index is 0.0912. The Balaban J connectivity index is 3.08. The van der Waals surface area contributed by atoms with Gasteiger partial charge in [0.15, 0.2) is 5.78 Å². The highest BCUT2D eigenvalue weighted by atomic mass is 16.5. The summed E-state index contributed by atoms with van der Waals surface area (Å²) < 4.78 is 5.02. The normalized spacial score (nSPS) is 28.1. The predicted octanol–water partition coefficient (Wildman–Crippen LogP) is 2.26. The Morgan fingerprint density at radius 2 is 2.20 bits per heavy atom. The van der Waals surface area contributed by atoms with E-state index in [0.29, 0.717) is 13.0 Å². The lowest BCUT2D eigenvalue weighted by Crippen LogP contribution is -2.38. The topological polar surface area (TPSA) is 43.4 Å². The summed E-state index contributed by atoms with van der Waals surface area (Å²) in [4.78, 5) is 23.6. The van der Waals surface area contributed by atoms with E-state index in [1.165, 1.54) is 6.92 Å². The Morgan fingerprint density at radius 3 is 2.67 bits per heavy atom. The second kappa shape index (κ2) is 4.60. The molecule has 0 aromatic heterocycles. The third-order valence-corrected chi connectivity index (χ3v) is 3.12. The van der Waals surface area contributed by atoms with Crippen LogP contribution in [0, 0.1) is 5.41 Å². The first-order valence-corrected chi connectivity index (χ1v) is 5.43. The molecule has 0 radical (unpaired) electrons. The molecule has 0 saturated heterocycles. The van der Waals surface area contributed by atoms with Crippen LogP contribution in [-0.2, 0) is 14.3 Å². The smallest absolute Gasteiger partial charge is 0.323 e. The van der Waals surface area contributed by atoms with Gasteiger partial charge in [0.2, 0.25) is 0 Å². The lowest BCUT2D eigenvalue weighted by atomic mass is 9.78. The molecule has 0 aliphatic heterocycles. The summed E-state index contributed by atoms with van der Waals surface area (Å²) in [5.74, 6) is -0.463. The Labute approximate surface area is 90.5 Å². The lowest BCUT2D eigenvalue weighted by Gasteiger charge is -2.25. The van der Waals surface area contributed by atoms with E-state index < -0.39 is 5.41 Å². The third-order valence-electron chi connectivity index (χ3n) is 3.12. The van der Waals surface area contributed by atoms with E-state index in [9.17, 15) is 9.59 Å². The molecule has 3 heteroatoms. The average molecular weight is 210 g/mol. The van der Waals surface area contributed by atoms with Gasteiger partial charge in [0, 0.05) is 0 Å². The van der Waals surface area contributed by atoms with E-state index >= 15 is 0 Å². The Bertz CT molecular complexity index is 304. The van der Waals surface area contributed by atoms with Crippen molar-refractivity contribution < 1.29 is 14.3 Å². The van der Waals surface area contributed by atoms with E-state index in [-0.39, 0.29) is 11.8 Å². The van der Waals surface area contributed by atoms with Gasteiger partial charge in [0.1, 0.15) is 5.41 Å². The zero-order valence-electron chi connectivity index (χ0n) is 9.63. The van der Waals surface area contributed by atoms with Crippen molar-refractivity contribution in [3.05, 3.63) is 11.6 Å². The molecule has 0 heterocycles. The van der Waals surface area contributed by atoms with Gasteiger partial charge in [0.25, 0.3) is 0 Å². The van der Waals surface area contributed by atoms with Gasteiger partial charge in [-0.05, 0) is 45.6 Å². The lowest BCUT2D eigenvalue weighted by molar-refractivity contribution is -0.156. The van der Waals surface area contributed by atoms with Gasteiger partial charge in [0.05, 0.1) is 6.61 Å². The highest BCUT2D eigenvalue weighted by molar-refractivity contribution is 6.06. The second-order valence-corrected chi connectivity index (χ2v) is 3.85. The average Bonchev–Trinajstić information content (AvgIpc) is 2.62. The number of carbonyl (C=O) groups is 2. The summed E-state index contributed by atoms with van der Waals surface area (Å²) in [6.45, 7) is 5.43. The summed E-state index contributed by atoms with van der Waals surface area (Å²) in [6, 6.07) is 0. The molecule has 0 N–H and O–H groups in total. The van der Waals surface area contributed by atoms with Crippen LogP contribution in [0.25, 0.3) is 0 Å². The quantitative estimate of drug-likeness (QED) is 0.407. The van der Waals surface area contributed by atoms with Crippen molar-refractivity contribution >= 4 is 11.8 Å². The van der Waals surface area contributed by atoms with Gasteiger partial charge in [-0.15, -0.1) is 0 Å². The van der Waals surface area contributed by atoms with Crippen LogP contribution >= 0.6 is 0 Å². The number of carbonyl (C=O) groups excluding carboxylic acids is 2. The van der Waals surface area contributed by atoms with Gasteiger partial charge in [-0.25, -0.2) is 0 Å². The largest absolute Gasteiger partial charge is 0.465 e. The number of allylic oxidation sites excluding steroid dienone is 1. The standard InChI is InChI=1S/C12H18O3/c1-4-10-7-6-8-12(10,9(3)13)11(14)15-5-2/h4H,5-8H2,1-3H3/b10-4+. The molecule has 1 rings (SSSR count). The molecule has 0 amide bonds. The number of hydrogen-bond acceptors (Lipinski definition) is 3. The van der Waals surface area contributed by atoms with Gasteiger partial charge in [-0.1, -0.05) is 6.08 Å². The Kier molecular flexibility index (Phi) is 3.66. The Morgan fingerprint density at radius 1 is 1.53 bits per heavy atom. The van der Waals surface area contributed by atoms with Crippen LogP contribution in [0.15, 0.2) is 11.6 Å². The minimum atomic E-state index is -0.967. The van der Waals surface area contributed by atoms with E-state index in [1.54, 1.807) is 6.92 Å². The highest BCUT2D eigenvalue weighted by Gasteiger charge is 2.50. The molecular formula is C12H18O3. The molecule has 1 atom stereocenters. The molecule has 0 aromatic carbocycles. The van der Waals surface area contributed by atoms with Crippen LogP contribution in [0.2, 0.25) is 0 Å². The summed E-state index contributed by atoms with van der Waals surface area (Å²) in [5.41, 5.74) is -0.0430. The highest BCUT2D eigenvalue weighted by Crippen LogP contribution is 2.44. The van der Waals surface area contributed by atoms with Gasteiger partial charge >= 0.3 is 5.97 Å². The SMILES string of the molecule is C/C=C1\CCCC1(C(C)=O)C(=O)OCC. The van der Waals surface area contributed by atoms with Crippen molar-refractivity contribution in [3.8, 4) is 0 Å². The van der Waals surface area contributed by atoms with Gasteiger partial charge < -0.3 is 4.74 Å². The van der Waals surface area contributed by atoms with Crippen LogP contribution in [0.5, 0.6) is 0 Å². The maximum absolute atomic E-state index is 11.9. The molecule has 84 valence electrons. The first kappa shape index (κ1) is 12.0. The van der Waals surface area contributed by atoms with E-state index in [2.05, 4.69) is 0 Å². The van der Waals surface area contributed by atoms with Crippen molar-refractivity contribution in [1.82, 2.24) is 0 Å². The summed E-state index contributed by atoms with van der Waals surface area (Å²) >= 11 is 0. The van der Waals surface area contributed by atoms with Crippen molar-refractivity contribution in [2.75, 3.05) is 6.61 Å². The monoisotopic (exact) mass is 210 g/mol. The molecule has 1 unspecified atom stereocenters. The van der Waals surface area contributed by atoms with Crippen LogP contribution in [0.1, 0.15) is 40.0 Å². The second-order valence-electron chi connectivity index (χ2n) is 3.85. The van der Waals surface area contributed by atoms with E-state index in [4.69, 9.17) is 4.74 Å². The van der Waals surface area contributed by atoms with Gasteiger partial charge in [-0.2, -0.15) is 0 Å². The molecule has 15 heavy (non-hydrogen) atoms. The molecule has 3 nitrogen and oxygen atoms in total. The number of ketones is 1. The molecule has 1 aliphatic carbocycles. The van der Waals surface area contributed by atoms with E-state index in [1.807, 2.05) is 13.0 Å². The minimum Gasteiger partial charge on any atom is -0.465 e. The molecule has 1 aliphatic rings. The van der Waals surface area contributed by atoms with Crippen LogP contribution in [-0.4, -0.2) is 18.4 Å². The first-order valence-electron chi connectivity index (χ1n) is 5.43. The molecule has 0 aromatic rings. The number of esters is 1. The summed E-state index contributed by atoms with van der Waals surface area (Å²) in [6.07, 6.45) is 4.19. The van der Waals surface area contributed by atoms with Crippen LogP contribution < -0.4 is 0 Å². The molecule has 0 bridgehead atoms. The van der Waals surface area contributed by atoms with Crippen molar-refractivity contribution in [1.29, 1.82) is 0 Å². The fraction of sp³-hybridized carbons (Fsp3) is 0.667. The van der Waals surface area contributed by atoms with Crippen LogP contribution in [0.4, 0.5) is 0 Å². The first-order chi connectivity index (χ1) is 7.09. The summed E-state index contributed by atoms with van der Waals surface area (Å²) in [7, 11) is 0. The number of ether oxygens (including phenoxy) is 1.